The molecule has 1 aliphatic carbocycles. The van der Waals surface area contributed by atoms with Crippen molar-refractivity contribution in [2.24, 2.45) is 5.41 Å². The first-order chi connectivity index (χ1) is 8.44. The minimum absolute atomic E-state index is 0.0240. The first-order valence-corrected chi connectivity index (χ1v) is 8.31. The molecule has 1 fully saturated rings. The second-order valence-corrected chi connectivity index (χ2v) is 7.54. The van der Waals surface area contributed by atoms with Crippen molar-refractivity contribution >= 4 is 43.5 Å². The van der Waals surface area contributed by atoms with Crippen molar-refractivity contribution in [3.63, 3.8) is 0 Å². The number of alkyl halides is 1. The highest BCUT2D eigenvalue weighted by molar-refractivity contribution is 9.10. The third-order valence-corrected chi connectivity index (χ3v) is 6.72. The maximum atomic E-state index is 14.1. The molecule has 1 atom stereocenters. The number of hydrogen-bond donors (Lipinski definition) is 0. The van der Waals surface area contributed by atoms with Crippen LogP contribution >= 0.6 is 43.5 Å². The summed E-state index contributed by atoms with van der Waals surface area (Å²) in [5, 5.41) is 0.565. The molecule has 0 bridgehead atoms. The average Bonchev–Trinajstić information content (AvgIpc) is 2.34. The van der Waals surface area contributed by atoms with Gasteiger partial charge in [-0.3, -0.25) is 0 Å². The quantitative estimate of drug-likeness (QED) is 0.386. The van der Waals surface area contributed by atoms with E-state index in [-0.39, 0.29) is 16.1 Å². The van der Waals surface area contributed by atoms with Crippen molar-refractivity contribution in [3.05, 3.63) is 33.0 Å². The van der Waals surface area contributed by atoms with Gasteiger partial charge >= 0.3 is 0 Å². The van der Waals surface area contributed by atoms with Gasteiger partial charge in [0.15, 0.2) is 0 Å². The van der Waals surface area contributed by atoms with Gasteiger partial charge in [0.1, 0.15) is 5.82 Å². The summed E-state index contributed by atoms with van der Waals surface area (Å²) in [6.45, 7) is 2.24. The van der Waals surface area contributed by atoms with E-state index in [0.717, 1.165) is 12.8 Å². The standard InChI is InChI=1S/C14H16Br2ClF/c1-14(5-3-2-4-6-14)13(16)9-7-11(17)10(15)8-12(9)18/h7-8,13H,2-6H2,1H3. The van der Waals surface area contributed by atoms with E-state index in [1.165, 1.54) is 25.3 Å². The Morgan fingerprint density at radius 1 is 1.28 bits per heavy atom. The van der Waals surface area contributed by atoms with E-state index in [4.69, 9.17) is 11.6 Å². The monoisotopic (exact) mass is 396 g/mol. The van der Waals surface area contributed by atoms with Crippen LogP contribution in [0.4, 0.5) is 4.39 Å². The summed E-state index contributed by atoms with van der Waals surface area (Å²) in [4.78, 5) is 0.0240. The molecule has 0 aliphatic heterocycles. The average molecular weight is 399 g/mol. The van der Waals surface area contributed by atoms with E-state index >= 15 is 0 Å². The molecule has 1 aliphatic rings. The van der Waals surface area contributed by atoms with Crippen molar-refractivity contribution < 1.29 is 4.39 Å². The minimum atomic E-state index is -0.194. The Balaban J connectivity index is 2.33. The summed E-state index contributed by atoms with van der Waals surface area (Å²) in [5.41, 5.74) is 0.795. The summed E-state index contributed by atoms with van der Waals surface area (Å²) in [5.74, 6) is -0.194. The summed E-state index contributed by atoms with van der Waals surface area (Å²) in [6, 6.07) is 3.19. The van der Waals surface area contributed by atoms with Gasteiger partial charge in [-0.25, -0.2) is 4.39 Å². The topological polar surface area (TPSA) is 0 Å². The summed E-state index contributed by atoms with van der Waals surface area (Å²) < 4.78 is 14.7. The molecule has 1 aromatic carbocycles. The minimum Gasteiger partial charge on any atom is -0.207 e. The predicted molar refractivity (Wildman–Crippen MR) is 82.0 cm³/mol. The lowest BCUT2D eigenvalue weighted by molar-refractivity contribution is 0.210. The third kappa shape index (κ3) is 2.94. The zero-order valence-electron chi connectivity index (χ0n) is 10.3. The van der Waals surface area contributed by atoms with E-state index in [0.29, 0.717) is 15.1 Å². The molecule has 0 aromatic heterocycles. The molecule has 1 unspecified atom stereocenters. The number of rotatable bonds is 2. The maximum Gasteiger partial charge on any atom is 0.128 e. The van der Waals surface area contributed by atoms with Crippen LogP contribution in [-0.4, -0.2) is 0 Å². The van der Waals surface area contributed by atoms with Crippen LogP contribution in [-0.2, 0) is 0 Å². The van der Waals surface area contributed by atoms with Gasteiger partial charge in [0.05, 0.1) is 5.02 Å². The Bertz CT molecular complexity index is 442. The van der Waals surface area contributed by atoms with E-state index in [9.17, 15) is 4.39 Å². The largest absolute Gasteiger partial charge is 0.207 e. The van der Waals surface area contributed by atoms with Crippen LogP contribution < -0.4 is 0 Å². The van der Waals surface area contributed by atoms with Crippen molar-refractivity contribution in [3.8, 4) is 0 Å². The van der Waals surface area contributed by atoms with Crippen molar-refractivity contribution in [2.75, 3.05) is 0 Å². The SMILES string of the molecule is CC1(C(Br)c2cc(Cl)c(Br)cc2F)CCCCC1. The normalized spacial score (nSPS) is 20.7. The first-order valence-electron chi connectivity index (χ1n) is 6.22. The van der Waals surface area contributed by atoms with Gasteiger partial charge in [0.2, 0.25) is 0 Å². The lowest BCUT2D eigenvalue weighted by atomic mass is 9.72. The number of halogens is 4. The zero-order valence-corrected chi connectivity index (χ0v) is 14.2. The van der Waals surface area contributed by atoms with Crippen LogP contribution in [0.3, 0.4) is 0 Å². The Labute approximate surface area is 130 Å². The van der Waals surface area contributed by atoms with Gasteiger partial charge in [0.25, 0.3) is 0 Å². The molecule has 0 radical (unpaired) electrons. The van der Waals surface area contributed by atoms with Crippen LogP contribution in [0.15, 0.2) is 16.6 Å². The second kappa shape index (κ2) is 5.80. The Morgan fingerprint density at radius 2 is 1.89 bits per heavy atom. The fourth-order valence-electron chi connectivity index (χ4n) is 2.72. The van der Waals surface area contributed by atoms with E-state index in [1.54, 1.807) is 6.07 Å². The Morgan fingerprint density at radius 3 is 2.50 bits per heavy atom. The van der Waals surface area contributed by atoms with Gasteiger partial charge in [-0.1, -0.05) is 53.7 Å². The molecule has 4 heteroatoms. The van der Waals surface area contributed by atoms with Gasteiger partial charge in [-0.15, -0.1) is 0 Å². The highest BCUT2D eigenvalue weighted by Crippen LogP contribution is 2.51. The Hall–Kier alpha value is 0.400. The maximum absolute atomic E-state index is 14.1. The molecular weight excluding hydrogens is 382 g/mol. The molecule has 100 valence electrons. The van der Waals surface area contributed by atoms with Gasteiger partial charge in [0, 0.05) is 14.9 Å². The Kier molecular flexibility index (Phi) is 4.77. The molecule has 18 heavy (non-hydrogen) atoms. The van der Waals surface area contributed by atoms with Gasteiger partial charge in [-0.05, 0) is 46.3 Å². The predicted octanol–water partition coefficient (Wildman–Crippen LogP) is 6.65. The van der Waals surface area contributed by atoms with E-state index < -0.39 is 0 Å². The molecule has 0 N–H and O–H groups in total. The zero-order chi connectivity index (χ0) is 13.3. The fraction of sp³-hybridized carbons (Fsp3) is 0.571. The fourth-order valence-corrected chi connectivity index (χ4v) is 4.02. The second-order valence-electron chi connectivity index (χ2n) is 5.37. The van der Waals surface area contributed by atoms with Crippen LogP contribution in [0.5, 0.6) is 0 Å². The number of benzene rings is 1. The summed E-state index contributed by atoms with van der Waals surface area (Å²) in [6.07, 6.45) is 6.01. The van der Waals surface area contributed by atoms with Crippen LogP contribution in [0.2, 0.25) is 5.02 Å². The lowest BCUT2D eigenvalue weighted by Gasteiger charge is -2.38. The molecule has 1 saturated carbocycles. The van der Waals surface area contributed by atoms with Gasteiger partial charge in [-0.2, -0.15) is 0 Å². The highest BCUT2D eigenvalue weighted by Gasteiger charge is 2.36. The summed E-state index contributed by atoms with van der Waals surface area (Å²) in [7, 11) is 0. The third-order valence-electron chi connectivity index (χ3n) is 3.92. The highest BCUT2D eigenvalue weighted by atomic mass is 79.9. The molecule has 0 amide bonds. The molecule has 0 spiro atoms. The van der Waals surface area contributed by atoms with Crippen molar-refractivity contribution in [1.29, 1.82) is 0 Å². The van der Waals surface area contributed by atoms with Crippen LogP contribution in [0.25, 0.3) is 0 Å². The van der Waals surface area contributed by atoms with Crippen LogP contribution in [0.1, 0.15) is 49.4 Å². The lowest BCUT2D eigenvalue weighted by Crippen LogP contribution is -2.25. The summed E-state index contributed by atoms with van der Waals surface area (Å²) >= 11 is 13.0. The molecule has 0 heterocycles. The molecule has 2 rings (SSSR count). The smallest absolute Gasteiger partial charge is 0.128 e. The molecule has 0 saturated heterocycles. The first kappa shape index (κ1) is 14.8. The molecule has 0 nitrogen and oxygen atoms in total. The number of hydrogen-bond acceptors (Lipinski definition) is 0. The molecule has 1 aromatic rings. The van der Waals surface area contributed by atoms with Crippen LogP contribution in [0, 0.1) is 11.2 Å². The van der Waals surface area contributed by atoms with E-state index in [2.05, 4.69) is 38.8 Å². The van der Waals surface area contributed by atoms with E-state index in [1.807, 2.05) is 0 Å². The van der Waals surface area contributed by atoms with Crippen molar-refractivity contribution in [2.45, 2.75) is 43.9 Å². The molecular formula is C14H16Br2ClF. The van der Waals surface area contributed by atoms with Gasteiger partial charge < -0.3 is 0 Å². The van der Waals surface area contributed by atoms with Crippen molar-refractivity contribution in [1.82, 2.24) is 0 Å².